The summed E-state index contributed by atoms with van der Waals surface area (Å²) in [5, 5.41) is 0. The van der Waals surface area contributed by atoms with E-state index >= 15 is 0 Å². The molecular weight excluding hydrogens is 370 g/mol. The fraction of sp³-hybridized carbons (Fsp3) is 0.167. The van der Waals surface area contributed by atoms with Gasteiger partial charge in [0.05, 0.1) is 14.3 Å². The molecule has 0 saturated carbocycles. The van der Waals surface area contributed by atoms with E-state index in [1.54, 1.807) is 7.11 Å². The van der Waals surface area contributed by atoms with Crippen molar-refractivity contribution in [2.45, 2.75) is 0 Å². The molecule has 0 amide bonds. The number of halogens is 2. The van der Waals surface area contributed by atoms with Crippen LogP contribution in [0.25, 0.3) is 0 Å². The number of nitrogens with two attached hydrogens (primary N) is 1. The van der Waals surface area contributed by atoms with Crippen LogP contribution in [0.15, 0.2) is 6.07 Å². The molecule has 1 aromatic rings. The van der Waals surface area contributed by atoms with Crippen LogP contribution in [0.4, 0.5) is 5.82 Å². The van der Waals surface area contributed by atoms with Crippen molar-refractivity contribution in [3.8, 4) is 5.88 Å². The highest BCUT2D eigenvalue weighted by atomic mass is 127. The van der Waals surface area contributed by atoms with Gasteiger partial charge in [0.1, 0.15) is 5.82 Å². The maximum absolute atomic E-state index is 5.56. The summed E-state index contributed by atoms with van der Waals surface area (Å²) >= 11 is 4.29. The quantitative estimate of drug-likeness (QED) is 0.762. The Kier molecular flexibility index (Phi) is 3.16. The zero-order valence-electron chi connectivity index (χ0n) is 5.77. The van der Waals surface area contributed by atoms with E-state index in [9.17, 15) is 0 Å². The average Bonchev–Trinajstić information content (AvgIpc) is 1.97. The minimum absolute atomic E-state index is 0.517. The van der Waals surface area contributed by atoms with Crippen molar-refractivity contribution in [3.05, 3.63) is 13.2 Å². The van der Waals surface area contributed by atoms with Gasteiger partial charge in [-0.3, -0.25) is 0 Å². The smallest absolute Gasteiger partial charge is 0.228 e. The fourth-order valence-electron chi connectivity index (χ4n) is 0.606. The topological polar surface area (TPSA) is 48.1 Å². The van der Waals surface area contributed by atoms with Crippen molar-refractivity contribution < 1.29 is 4.74 Å². The van der Waals surface area contributed by atoms with Crippen molar-refractivity contribution in [2.75, 3.05) is 12.8 Å². The van der Waals surface area contributed by atoms with Gasteiger partial charge in [-0.1, -0.05) is 0 Å². The number of hydrogen-bond donors (Lipinski definition) is 1. The summed E-state index contributed by atoms with van der Waals surface area (Å²) in [5.74, 6) is 1.10. The van der Waals surface area contributed by atoms with E-state index in [1.165, 1.54) is 0 Å². The lowest BCUT2D eigenvalue weighted by atomic mass is 10.4. The molecule has 0 unspecified atom stereocenters. The van der Waals surface area contributed by atoms with Crippen molar-refractivity contribution >= 4 is 51.0 Å². The van der Waals surface area contributed by atoms with E-state index in [4.69, 9.17) is 10.5 Å². The lowest BCUT2D eigenvalue weighted by Gasteiger charge is -2.03. The highest BCUT2D eigenvalue weighted by molar-refractivity contribution is 14.1. The number of nitrogens with zero attached hydrogens (tertiary/aromatic N) is 1. The second-order valence-electron chi connectivity index (χ2n) is 1.85. The molecule has 5 heteroatoms. The zero-order chi connectivity index (χ0) is 8.43. The van der Waals surface area contributed by atoms with Crippen molar-refractivity contribution in [1.29, 1.82) is 0 Å². The van der Waals surface area contributed by atoms with Crippen LogP contribution in [0.5, 0.6) is 5.88 Å². The highest BCUT2D eigenvalue weighted by Gasteiger charge is 2.04. The Balaban J connectivity index is 3.21. The number of pyridine rings is 1. The standard InChI is InChI=1S/C6H6I2N2O/c1-11-6-4(8)2-3(7)5(9)10-6/h2H,1H3,(H2,9,10). The third kappa shape index (κ3) is 2.08. The Labute approximate surface area is 92.0 Å². The lowest BCUT2D eigenvalue weighted by molar-refractivity contribution is 0.395. The summed E-state index contributed by atoms with van der Waals surface area (Å²) in [4.78, 5) is 4.03. The van der Waals surface area contributed by atoms with Gasteiger partial charge in [0, 0.05) is 0 Å². The molecule has 0 radical (unpaired) electrons. The normalized spacial score (nSPS) is 9.73. The summed E-state index contributed by atoms with van der Waals surface area (Å²) < 4.78 is 6.91. The first kappa shape index (κ1) is 9.30. The number of methoxy groups -OCH3 is 1. The predicted octanol–water partition coefficient (Wildman–Crippen LogP) is 1.88. The molecule has 3 nitrogen and oxygen atoms in total. The van der Waals surface area contributed by atoms with Crippen LogP contribution in [-0.4, -0.2) is 12.1 Å². The minimum atomic E-state index is 0.517. The van der Waals surface area contributed by atoms with Gasteiger partial charge in [0.2, 0.25) is 5.88 Å². The molecular formula is C6H6I2N2O. The Morgan fingerprint density at radius 2 is 2.09 bits per heavy atom. The Morgan fingerprint density at radius 1 is 1.45 bits per heavy atom. The van der Waals surface area contributed by atoms with E-state index in [0.29, 0.717) is 11.7 Å². The summed E-state index contributed by atoms with van der Waals surface area (Å²) in [6.07, 6.45) is 0. The van der Waals surface area contributed by atoms with Crippen LogP contribution >= 0.6 is 45.2 Å². The van der Waals surface area contributed by atoms with Crippen molar-refractivity contribution in [2.24, 2.45) is 0 Å². The van der Waals surface area contributed by atoms with E-state index in [2.05, 4.69) is 50.2 Å². The minimum Gasteiger partial charge on any atom is -0.480 e. The van der Waals surface area contributed by atoms with Gasteiger partial charge in [-0.2, -0.15) is 4.98 Å². The first-order chi connectivity index (χ1) is 5.15. The van der Waals surface area contributed by atoms with E-state index in [0.717, 1.165) is 7.14 Å². The SMILES string of the molecule is COc1nc(N)c(I)cc1I. The van der Waals surface area contributed by atoms with Gasteiger partial charge in [0.25, 0.3) is 0 Å². The Morgan fingerprint density at radius 3 is 2.64 bits per heavy atom. The second kappa shape index (κ2) is 3.74. The predicted molar refractivity (Wildman–Crippen MR) is 60.6 cm³/mol. The number of nitrogen functional groups attached to an aromatic ring is 1. The average molecular weight is 376 g/mol. The molecule has 60 valence electrons. The third-order valence-corrected chi connectivity index (χ3v) is 2.75. The molecule has 2 N–H and O–H groups in total. The van der Waals surface area contributed by atoms with E-state index < -0.39 is 0 Å². The van der Waals surface area contributed by atoms with E-state index in [1.807, 2.05) is 6.07 Å². The number of hydrogen-bond acceptors (Lipinski definition) is 3. The molecule has 11 heavy (non-hydrogen) atoms. The highest BCUT2D eigenvalue weighted by Crippen LogP contribution is 2.23. The maximum Gasteiger partial charge on any atom is 0.228 e. The van der Waals surface area contributed by atoms with Crippen LogP contribution in [0.3, 0.4) is 0 Å². The molecule has 0 aliphatic heterocycles. The van der Waals surface area contributed by atoms with Gasteiger partial charge in [-0.05, 0) is 51.2 Å². The number of rotatable bonds is 1. The number of anilines is 1. The third-order valence-electron chi connectivity index (χ3n) is 1.12. The van der Waals surface area contributed by atoms with Crippen LogP contribution < -0.4 is 10.5 Å². The molecule has 0 fully saturated rings. The number of aromatic nitrogens is 1. The molecule has 1 rings (SSSR count). The van der Waals surface area contributed by atoms with Gasteiger partial charge in [-0.25, -0.2) is 0 Å². The maximum atomic E-state index is 5.56. The van der Waals surface area contributed by atoms with Gasteiger partial charge < -0.3 is 10.5 Å². The first-order valence-corrected chi connectivity index (χ1v) is 4.96. The monoisotopic (exact) mass is 376 g/mol. The molecule has 0 atom stereocenters. The van der Waals surface area contributed by atoms with Crippen LogP contribution in [0, 0.1) is 7.14 Å². The molecule has 0 bridgehead atoms. The van der Waals surface area contributed by atoms with Crippen LogP contribution in [-0.2, 0) is 0 Å². The molecule has 0 aliphatic rings. The summed E-state index contributed by atoms with van der Waals surface area (Å²) in [6.45, 7) is 0. The Hall–Kier alpha value is 0.210. The van der Waals surface area contributed by atoms with Gasteiger partial charge >= 0.3 is 0 Å². The van der Waals surface area contributed by atoms with Crippen LogP contribution in [0.1, 0.15) is 0 Å². The molecule has 0 aliphatic carbocycles. The van der Waals surface area contributed by atoms with Crippen LogP contribution in [0.2, 0.25) is 0 Å². The molecule has 0 spiro atoms. The van der Waals surface area contributed by atoms with Gasteiger partial charge in [0.15, 0.2) is 0 Å². The first-order valence-electron chi connectivity index (χ1n) is 2.80. The number of ether oxygens (including phenoxy) is 1. The molecule has 0 aromatic carbocycles. The van der Waals surface area contributed by atoms with Crippen molar-refractivity contribution in [1.82, 2.24) is 4.98 Å². The van der Waals surface area contributed by atoms with E-state index in [-0.39, 0.29) is 0 Å². The lowest BCUT2D eigenvalue weighted by Crippen LogP contribution is -1.98. The summed E-state index contributed by atoms with van der Waals surface area (Å²) in [6, 6.07) is 1.93. The largest absolute Gasteiger partial charge is 0.480 e. The Bertz CT molecular complexity index is 278. The summed E-state index contributed by atoms with van der Waals surface area (Å²) in [7, 11) is 1.58. The van der Waals surface area contributed by atoms with Gasteiger partial charge in [-0.15, -0.1) is 0 Å². The zero-order valence-corrected chi connectivity index (χ0v) is 10.1. The second-order valence-corrected chi connectivity index (χ2v) is 4.17. The van der Waals surface area contributed by atoms with Crippen molar-refractivity contribution in [3.63, 3.8) is 0 Å². The fourth-order valence-corrected chi connectivity index (χ4v) is 2.29. The summed E-state index contributed by atoms with van der Waals surface area (Å²) in [5.41, 5.74) is 5.56. The molecule has 0 saturated heterocycles. The molecule has 1 aromatic heterocycles. The molecule has 1 heterocycles.